The zero-order chi connectivity index (χ0) is 13.8. The fourth-order valence-electron chi connectivity index (χ4n) is 2.75. The van der Waals surface area contributed by atoms with E-state index in [1.54, 1.807) is 11.3 Å². The molecule has 0 bridgehead atoms. The summed E-state index contributed by atoms with van der Waals surface area (Å²) in [6.07, 6.45) is 5.52. The lowest BCUT2D eigenvalue weighted by Gasteiger charge is -2.08. The van der Waals surface area contributed by atoms with Crippen LogP contribution in [0.1, 0.15) is 31.2 Å². The third-order valence-corrected chi connectivity index (χ3v) is 4.81. The minimum absolute atomic E-state index is 0.589. The van der Waals surface area contributed by atoms with Gasteiger partial charge in [0.15, 0.2) is 5.13 Å². The molecule has 20 heavy (non-hydrogen) atoms. The number of anilines is 1. The van der Waals surface area contributed by atoms with Crippen LogP contribution in [0, 0.1) is 5.92 Å². The van der Waals surface area contributed by atoms with Crippen LogP contribution in [0.5, 0.6) is 0 Å². The number of hydrogen-bond acceptors (Lipinski definition) is 4. The van der Waals surface area contributed by atoms with Crippen LogP contribution in [0.2, 0.25) is 0 Å². The van der Waals surface area contributed by atoms with Crippen LogP contribution in [-0.4, -0.2) is 11.5 Å². The fourth-order valence-corrected chi connectivity index (χ4v) is 3.48. The topological polar surface area (TPSA) is 50.9 Å². The highest BCUT2D eigenvalue weighted by Gasteiger charge is 2.15. The zero-order valence-electron chi connectivity index (χ0n) is 11.6. The lowest BCUT2D eigenvalue weighted by Crippen LogP contribution is -2.10. The maximum Gasteiger partial charge on any atom is 0.183 e. The number of nitrogens with two attached hydrogens (primary N) is 1. The Morgan fingerprint density at radius 2 is 1.95 bits per heavy atom. The first-order valence-electron chi connectivity index (χ1n) is 7.34. The predicted octanol–water partition coefficient (Wildman–Crippen LogP) is 3.87. The van der Waals surface area contributed by atoms with Crippen LogP contribution in [0.3, 0.4) is 0 Å². The van der Waals surface area contributed by atoms with Gasteiger partial charge in [-0.15, -0.1) is 11.3 Å². The molecule has 4 heteroatoms. The van der Waals surface area contributed by atoms with Crippen LogP contribution < -0.4 is 11.1 Å². The van der Waals surface area contributed by atoms with Crippen molar-refractivity contribution in [3.8, 4) is 11.3 Å². The number of thiazole rings is 1. The van der Waals surface area contributed by atoms with Crippen molar-refractivity contribution in [3.63, 3.8) is 0 Å². The second-order valence-electron chi connectivity index (χ2n) is 5.47. The highest BCUT2D eigenvalue weighted by Crippen LogP contribution is 2.28. The average Bonchev–Trinajstić information content (AvgIpc) is 3.17. The van der Waals surface area contributed by atoms with Crippen molar-refractivity contribution in [2.45, 2.75) is 32.2 Å². The van der Waals surface area contributed by atoms with Crippen molar-refractivity contribution in [3.05, 3.63) is 35.2 Å². The van der Waals surface area contributed by atoms with Crippen LogP contribution in [0.4, 0.5) is 5.13 Å². The molecule has 1 heterocycles. The maximum absolute atomic E-state index is 5.62. The van der Waals surface area contributed by atoms with Crippen molar-refractivity contribution in [1.82, 2.24) is 4.98 Å². The summed E-state index contributed by atoms with van der Waals surface area (Å²) >= 11 is 1.69. The third kappa shape index (κ3) is 3.19. The molecule has 0 atom stereocenters. The molecule has 0 aliphatic heterocycles. The molecule has 0 saturated heterocycles. The second kappa shape index (κ2) is 6.37. The van der Waals surface area contributed by atoms with Gasteiger partial charge in [-0.05, 0) is 24.3 Å². The molecule has 1 saturated carbocycles. The van der Waals surface area contributed by atoms with Gasteiger partial charge in [0.1, 0.15) is 0 Å². The Bertz CT molecular complexity index is 541. The van der Waals surface area contributed by atoms with Crippen molar-refractivity contribution >= 4 is 16.5 Å². The largest absolute Gasteiger partial charge is 0.361 e. The standard InChI is InChI=1S/C16H21N3S/c17-9-12-5-7-14(8-6-12)15-11-20-16(19-15)18-10-13-3-1-2-4-13/h5-8,11,13H,1-4,9-10,17H2,(H,18,19). The van der Waals surface area contributed by atoms with Gasteiger partial charge in [-0.2, -0.15) is 0 Å². The van der Waals surface area contributed by atoms with Gasteiger partial charge in [-0.1, -0.05) is 37.1 Å². The molecular formula is C16H21N3S. The molecule has 0 amide bonds. The number of rotatable bonds is 5. The molecule has 106 valence electrons. The second-order valence-corrected chi connectivity index (χ2v) is 6.33. The molecule has 3 N–H and O–H groups in total. The summed E-state index contributed by atoms with van der Waals surface area (Å²) in [7, 11) is 0. The summed E-state index contributed by atoms with van der Waals surface area (Å²) in [5.41, 5.74) is 8.98. The first kappa shape index (κ1) is 13.6. The van der Waals surface area contributed by atoms with Gasteiger partial charge in [-0.25, -0.2) is 4.98 Å². The number of benzene rings is 1. The summed E-state index contributed by atoms with van der Waals surface area (Å²) in [6.45, 7) is 1.66. The Morgan fingerprint density at radius 1 is 1.20 bits per heavy atom. The van der Waals surface area contributed by atoms with E-state index in [2.05, 4.69) is 39.9 Å². The Labute approximate surface area is 124 Å². The Kier molecular flexibility index (Phi) is 4.33. The molecule has 3 rings (SSSR count). The van der Waals surface area contributed by atoms with Crippen LogP contribution >= 0.6 is 11.3 Å². The van der Waals surface area contributed by atoms with E-state index >= 15 is 0 Å². The molecule has 0 unspecified atom stereocenters. The fraction of sp³-hybridized carbons (Fsp3) is 0.438. The number of aromatic nitrogens is 1. The van der Waals surface area contributed by atoms with Crippen molar-refractivity contribution < 1.29 is 0 Å². The number of nitrogens with one attached hydrogen (secondary N) is 1. The Hall–Kier alpha value is -1.39. The molecular weight excluding hydrogens is 266 g/mol. The Balaban J connectivity index is 1.62. The van der Waals surface area contributed by atoms with E-state index < -0.39 is 0 Å². The summed E-state index contributed by atoms with van der Waals surface area (Å²) < 4.78 is 0. The predicted molar refractivity (Wildman–Crippen MR) is 85.9 cm³/mol. The summed E-state index contributed by atoms with van der Waals surface area (Å²) in [5.74, 6) is 0.839. The minimum atomic E-state index is 0.589. The van der Waals surface area contributed by atoms with Gasteiger partial charge in [0.05, 0.1) is 5.69 Å². The molecule has 3 nitrogen and oxygen atoms in total. The van der Waals surface area contributed by atoms with E-state index in [0.717, 1.165) is 34.4 Å². The zero-order valence-corrected chi connectivity index (χ0v) is 12.5. The molecule has 1 aliphatic carbocycles. The monoisotopic (exact) mass is 287 g/mol. The summed E-state index contributed by atoms with van der Waals surface area (Å²) in [6, 6.07) is 8.33. The van der Waals surface area contributed by atoms with E-state index in [0.29, 0.717) is 6.54 Å². The van der Waals surface area contributed by atoms with Gasteiger partial charge in [0.25, 0.3) is 0 Å². The van der Waals surface area contributed by atoms with E-state index in [4.69, 9.17) is 5.73 Å². The quantitative estimate of drug-likeness (QED) is 0.877. The highest BCUT2D eigenvalue weighted by molar-refractivity contribution is 7.14. The maximum atomic E-state index is 5.62. The number of nitrogens with zero attached hydrogens (tertiary/aromatic N) is 1. The van der Waals surface area contributed by atoms with E-state index in [-0.39, 0.29) is 0 Å². The number of hydrogen-bond donors (Lipinski definition) is 2. The van der Waals surface area contributed by atoms with E-state index in [1.165, 1.54) is 25.7 Å². The van der Waals surface area contributed by atoms with E-state index in [1.807, 2.05) is 0 Å². The molecule has 0 radical (unpaired) electrons. The Morgan fingerprint density at radius 3 is 2.65 bits per heavy atom. The molecule has 1 aromatic heterocycles. The summed E-state index contributed by atoms with van der Waals surface area (Å²) in [5, 5.41) is 6.64. The van der Waals surface area contributed by atoms with Gasteiger partial charge >= 0.3 is 0 Å². The normalized spacial score (nSPS) is 15.7. The van der Waals surface area contributed by atoms with Crippen LogP contribution in [0.15, 0.2) is 29.6 Å². The van der Waals surface area contributed by atoms with E-state index in [9.17, 15) is 0 Å². The lowest BCUT2D eigenvalue weighted by molar-refractivity contribution is 0.580. The van der Waals surface area contributed by atoms with Crippen LogP contribution in [0.25, 0.3) is 11.3 Å². The third-order valence-electron chi connectivity index (χ3n) is 4.01. The average molecular weight is 287 g/mol. The lowest BCUT2D eigenvalue weighted by atomic mass is 10.1. The smallest absolute Gasteiger partial charge is 0.183 e. The molecule has 1 fully saturated rings. The van der Waals surface area contributed by atoms with Gasteiger partial charge in [-0.3, -0.25) is 0 Å². The SMILES string of the molecule is NCc1ccc(-c2csc(NCC3CCCC3)n2)cc1. The molecule has 1 aromatic carbocycles. The van der Waals surface area contributed by atoms with Crippen molar-refractivity contribution in [1.29, 1.82) is 0 Å². The first-order chi connectivity index (χ1) is 9.85. The van der Waals surface area contributed by atoms with Gasteiger partial charge in [0, 0.05) is 24.0 Å². The minimum Gasteiger partial charge on any atom is -0.361 e. The van der Waals surface area contributed by atoms with Gasteiger partial charge < -0.3 is 11.1 Å². The van der Waals surface area contributed by atoms with Crippen molar-refractivity contribution in [2.75, 3.05) is 11.9 Å². The molecule has 0 spiro atoms. The molecule has 1 aliphatic rings. The molecule has 2 aromatic rings. The summed E-state index contributed by atoms with van der Waals surface area (Å²) in [4.78, 5) is 4.67. The first-order valence-corrected chi connectivity index (χ1v) is 8.22. The van der Waals surface area contributed by atoms with Crippen LogP contribution in [-0.2, 0) is 6.54 Å². The van der Waals surface area contributed by atoms with Gasteiger partial charge in [0.2, 0.25) is 0 Å². The van der Waals surface area contributed by atoms with Crippen molar-refractivity contribution in [2.24, 2.45) is 11.7 Å². The highest BCUT2D eigenvalue weighted by atomic mass is 32.1.